The Bertz CT molecular complexity index is 433. The Morgan fingerprint density at radius 3 is 2.94 bits per heavy atom. The number of nitrogens with one attached hydrogen (secondary N) is 1. The number of nitrogens with zero attached hydrogens (tertiary/aromatic N) is 1. The van der Waals surface area contributed by atoms with E-state index in [2.05, 4.69) is 21.2 Å². The van der Waals surface area contributed by atoms with Crippen molar-refractivity contribution in [3.05, 3.63) is 28.2 Å². The molecule has 1 amide bonds. The van der Waals surface area contributed by atoms with Gasteiger partial charge in [0.05, 0.1) is 6.04 Å². The molecule has 1 N–H and O–H groups in total. The van der Waals surface area contributed by atoms with Crippen molar-refractivity contribution in [1.82, 2.24) is 5.32 Å². The number of amides is 1. The Kier molecular flexibility index (Phi) is 3.84. The molecule has 0 aliphatic carbocycles. The number of likely N-dealkylation sites (N-methyl/N-ethyl adjacent to an activating group) is 1. The van der Waals surface area contributed by atoms with Crippen molar-refractivity contribution in [3.8, 4) is 0 Å². The van der Waals surface area contributed by atoms with E-state index in [0.29, 0.717) is 0 Å². The second-order valence-electron chi connectivity index (χ2n) is 4.40. The lowest BCUT2D eigenvalue weighted by molar-refractivity contribution is -0.121. The van der Waals surface area contributed by atoms with E-state index in [4.69, 9.17) is 0 Å². The fraction of sp³-hybridized carbons (Fsp3) is 0.462. The van der Waals surface area contributed by atoms with Crippen LogP contribution >= 0.6 is 15.9 Å². The van der Waals surface area contributed by atoms with Gasteiger partial charge >= 0.3 is 0 Å². The number of benzene rings is 1. The van der Waals surface area contributed by atoms with Crippen LogP contribution in [0.15, 0.2) is 22.7 Å². The van der Waals surface area contributed by atoms with E-state index in [1.807, 2.05) is 37.1 Å². The summed E-state index contributed by atoms with van der Waals surface area (Å²) in [4.78, 5) is 14.2. The molecule has 1 aliphatic rings. The number of aryl methyl sites for hydroxylation is 1. The average molecular weight is 297 g/mol. The SMILES string of the molecule is CNC1CCCN(c2cc(Br)ccc2C)C1=O. The topological polar surface area (TPSA) is 32.3 Å². The molecule has 1 aromatic carbocycles. The number of carbonyl (C=O) groups excluding carboxylic acids is 1. The van der Waals surface area contributed by atoms with Crippen LogP contribution in [-0.2, 0) is 4.79 Å². The minimum atomic E-state index is -0.0397. The smallest absolute Gasteiger partial charge is 0.244 e. The summed E-state index contributed by atoms with van der Waals surface area (Å²) >= 11 is 3.46. The van der Waals surface area contributed by atoms with E-state index >= 15 is 0 Å². The predicted molar refractivity (Wildman–Crippen MR) is 73.3 cm³/mol. The van der Waals surface area contributed by atoms with Gasteiger partial charge < -0.3 is 10.2 Å². The molecule has 1 fully saturated rings. The Morgan fingerprint density at radius 2 is 2.24 bits per heavy atom. The fourth-order valence-corrected chi connectivity index (χ4v) is 2.60. The van der Waals surface area contributed by atoms with E-state index in [0.717, 1.165) is 35.1 Å². The Hall–Kier alpha value is -0.870. The monoisotopic (exact) mass is 296 g/mol. The minimum absolute atomic E-state index is 0.0397. The quantitative estimate of drug-likeness (QED) is 0.909. The standard InChI is InChI=1S/C13H17BrN2O/c1-9-5-6-10(14)8-12(9)16-7-3-4-11(15-2)13(16)17/h5-6,8,11,15H,3-4,7H2,1-2H3. The second-order valence-corrected chi connectivity index (χ2v) is 5.32. The number of hydrogen-bond donors (Lipinski definition) is 1. The normalized spacial score (nSPS) is 20.8. The van der Waals surface area contributed by atoms with Crippen LogP contribution in [0.25, 0.3) is 0 Å². The van der Waals surface area contributed by atoms with Crippen LogP contribution in [0.2, 0.25) is 0 Å². The molecule has 1 aliphatic heterocycles. The maximum Gasteiger partial charge on any atom is 0.244 e. The van der Waals surface area contributed by atoms with Crippen molar-refractivity contribution in [1.29, 1.82) is 0 Å². The van der Waals surface area contributed by atoms with Gasteiger partial charge in [0, 0.05) is 16.7 Å². The van der Waals surface area contributed by atoms with Gasteiger partial charge in [0.15, 0.2) is 0 Å². The molecule has 0 radical (unpaired) electrons. The summed E-state index contributed by atoms with van der Waals surface area (Å²) in [6.45, 7) is 2.85. The highest BCUT2D eigenvalue weighted by atomic mass is 79.9. The van der Waals surface area contributed by atoms with Crippen molar-refractivity contribution in [2.24, 2.45) is 0 Å². The Morgan fingerprint density at radius 1 is 1.47 bits per heavy atom. The molecule has 2 rings (SSSR count). The number of anilines is 1. The molecule has 0 saturated carbocycles. The van der Waals surface area contributed by atoms with E-state index in [1.165, 1.54) is 0 Å². The molecule has 1 unspecified atom stereocenters. The third kappa shape index (κ3) is 2.53. The van der Waals surface area contributed by atoms with Crippen LogP contribution in [0.4, 0.5) is 5.69 Å². The number of rotatable bonds is 2. The van der Waals surface area contributed by atoms with Gasteiger partial charge in [-0.3, -0.25) is 4.79 Å². The lowest BCUT2D eigenvalue weighted by atomic mass is 10.0. The number of hydrogen-bond acceptors (Lipinski definition) is 2. The number of piperidine rings is 1. The first kappa shape index (κ1) is 12.6. The van der Waals surface area contributed by atoms with Gasteiger partial charge in [-0.15, -0.1) is 0 Å². The maximum atomic E-state index is 12.3. The van der Waals surface area contributed by atoms with Crippen LogP contribution in [0, 0.1) is 6.92 Å². The van der Waals surface area contributed by atoms with Gasteiger partial charge in [-0.1, -0.05) is 22.0 Å². The molecule has 4 heteroatoms. The first-order valence-corrected chi connectivity index (χ1v) is 6.67. The van der Waals surface area contributed by atoms with Crippen molar-refractivity contribution < 1.29 is 4.79 Å². The van der Waals surface area contributed by atoms with Crippen LogP contribution in [0.5, 0.6) is 0 Å². The first-order valence-electron chi connectivity index (χ1n) is 5.88. The molecule has 3 nitrogen and oxygen atoms in total. The summed E-state index contributed by atoms with van der Waals surface area (Å²) in [7, 11) is 1.85. The zero-order chi connectivity index (χ0) is 12.4. The van der Waals surface area contributed by atoms with Crippen molar-refractivity contribution in [3.63, 3.8) is 0 Å². The Labute approximate surface area is 110 Å². The van der Waals surface area contributed by atoms with E-state index in [-0.39, 0.29) is 11.9 Å². The molecule has 92 valence electrons. The summed E-state index contributed by atoms with van der Waals surface area (Å²) in [5, 5.41) is 3.08. The summed E-state index contributed by atoms with van der Waals surface area (Å²) in [5.41, 5.74) is 2.16. The third-order valence-electron chi connectivity index (χ3n) is 3.25. The van der Waals surface area contributed by atoms with Crippen LogP contribution in [0.1, 0.15) is 18.4 Å². The molecule has 17 heavy (non-hydrogen) atoms. The average Bonchev–Trinajstić information content (AvgIpc) is 2.33. The molecular weight excluding hydrogens is 280 g/mol. The highest BCUT2D eigenvalue weighted by Crippen LogP contribution is 2.27. The lowest BCUT2D eigenvalue weighted by Crippen LogP contribution is -2.50. The zero-order valence-electron chi connectivity index (χ0n) is 10.2. The van der Waals surface area contributed by atoms with Gasteiger partial charge in [-0.05, 0) is 44.5 Å². The molecule has 1 aromatic rings. The summed E-state index contributed by atoms with van der Waals surface area (Å²) in [6.07, 6.45) is 1.97. The minimum Gasteiger partial charge on any atom is -0.311 e. The highest BCUT2D eigenvalue weighted by molar-refractivity contribution is 9.10. The third-order valence-corrected chi connectivity index (χ3v) is 3.74. The molecule has 1 heterocycles. The van der Waals surface area contributed by atoms with E-state index in [1.54, 1.807) is 0 Å². The van der Waals surface area contributed by atoms with Gasteiger partial charge in [0.2, 0.25) is 5.91 Å². The van der Waals surface area contributed by atoms with Crippen molar-refractivity contribution in [2.45, 2.75) is 25.8 Å². The largest absolute Gasteiger partial charge is 0.311 e. The summed E-state index contributed by atoms with van der Waals surface area (Å²) < 4.78 is 1.01. The molecule has 1 atom stereocenters. The van der Waals surface area contributed by atoms with Crippen LogP contribution in [0.3, 0.4) is 0 Å². The first-order chi connectivity index (χ1) is 8.13. The molecule has 0 spiro atoms. The van der Waals surface area contributed by atoms with Crippen molar-refractivity contribution >= 4 is 27.5 Å². The fourth-order valence-electron chi connectivity index (χ4n) is 2.26. The van der Waals surface area contributed by atoms with Gasteiger partial charge in [0.25, 0.3) is 0 Å². The Balaban J connectivity index is 2.32. The summed E-state index contributed by atoms with van der Waals surface area (Å²) in [6, 6.07) is 6.02. The summed E-state index contributed by atoms with van der Waals surface area (Å²) in [5.74, 6) is 0.181. The number of halogens is 1. The highest BCUT2D eigenvalue weighted by Gasteiger charge is 2.29. The van der Waals surface area contributed by atoms with E-state index in [9.17, 15) is 4.79 Å². The molecular formula is C13H17BrN2O. The maximum absolute atomic E-state index is 12.3. The lowest BCUT2D eigenvalue weighted by Gasteiger charge is -2.33. The molecule has 1 saturated heterocycles. The van der Waals surface area contributed by atoms with Gasteiger partial charge in [-0.2, -0.15) is 0 Å². The van der Waals surface area contributed by atoms with E-state index < -0.39 is 0 Å². The van der Waals surface area contributed by atoms with Crippen LogP contribution < -0.4 is 10.2 Å². The predicted octanol–water partition coefficient (Wildman–Crippen LogP) is 2.47. The van der Waals surface area contributed by atoms with Gasteiger partial charge in [0.1, 0.15) is 0 Å². The van der Waals surface area contributed by atoms with Crippen LogP contribution in [-0.4, -0.2) is 25.5 Å². The molecule has 0 aromatic heterocycles. The zero-order valence-corrected chi connectivity index (χ0v) is 11.8. The van der Waals surface area contributed by atoms with Gasteiger partial charge in [-0.25, -0.2) is 0 Å². The molecule has 0 bridgehead atoms. The number of carbonyl (C=O) groups is 1. The van der Waals surface area contributed by atoms with Crippen molar-refractivity contribution in [2.75, 3.05) is 18.5 Å². The second kappa shape index (κ2) is 5.19.